The molecule has 0 saturated carbocycles. The third-order valence-electron chi connectivity index (χ3n) is 4.63. The van der Waals surface area contributed by atoms with Crippen LogP contribution in [0.15, 0.2) is 28.8 Å². The number of ether oxygens (including phenoxy) is 1. The van der Waals surface area contributed by atoms with E-state index in [0.29, 0.717) is 24.8 Å². The second-order valence-electron chi connectivity index (χ2n) is 6.35. The minimum Gasteiger partial charge on any atom is -0.467 e. The molecule has 0 amide bonds. The predicted molar refractivity (Wildman–Crippen MR) is 92.9 cm³/mol. The molecule has 134 valence electrons. The van der Waals surface area contributed by atoms with Crippen molar-refractivity contribution < 1.29 is 14.1 Å². The monoisotopic (exact) mass is 344 g/mol. The summed E-state index contributed by atoms with van der Waals surface area (Å²) in [5, 5.41) is 4.18. The van der Waals surface area contributed by atoms with Crippen molar-refractivity contribution >= 4 is 6.47 Å². The van der Waals surface area contributed by atoms with Crippen LogP contribution < -0.4 is 0 Å². The molecule has 0 N–H and O–H groups in total. The molecule has 1 aromatic heterocycles. The molecule has 2 heterocycles. The molecule has 2 aromatic rings. The van der Waals surface area contributed by atoms with Crippen molar-refractivity contribution in [3.05, 3.63) is 35.7 Å². The Kier molecular flexibility index (Phi) is 5.78. The molecule has 1 atom stereocenters. The number of piperazine rings is 1. The number of aryl methyl sites for hydroxylation is 1. The number of rotatable bonds is 7. The molecular formula is C18H24N4O3. The second kappa shape index (κ2) is 8.22. The standard InChI is InChI=1S/C18H24N4O3/c1-14-4-3-5-16(12-14)18-19-17(20-25-18)15(2)22-8-6-21(7-9-22)10-11-24-13-23/h3-5,12-13,15H,6-11H2,1-2H3. The Hall–Kier alpha value is -2.25. The molecule has 7 heteroatoms. The van der Waals surface area contributed by atoms with E-state index < -0.39 is 0 Å². The van der Waals surface area contributed by atoms with Gasteiger partial charge in [-0.2, -0.15) is 4.98 Å². The van der Waals surface area contributed by atoms with Crippen LogP contribution in [0.4, 0.5) is 0 Å². The summed E-state index contributed by atoms with van der Waals surface area (Å²) in [7, 11) is 0. The summed E-state index contributed by atoms with van der Waals surface area (Å²) in [5.41, 5.74) is 2.12. The van der Waals surface area contributed by atoms with Gasteiger partial charge in [-0.25, -0.2) is 0 Å². The highest BCUT2D eigenvalue weighted by atomic mass is 16.5. The number of nitrogens with zero attached hydrogens (tertiary/aromatic N) is 4. The zero-order valence-corrected chi connectivity index (χ0v) is 14.7. The van der Waals surface area contributed by atoms with Crippen LogP contribution >= 0.6 is 0 Å². The van der Waals surface area contributed by atoms with Gasteiger partial charge in [0.05, 0.1) is 6.04 Å². The van der Waals surface area contributed by atoms with Gasteiger partial charge >= 0.3 is 0 Å². The smallest absolute Gasteiger partial charge is 0.293 e. The van der Waals surface area contributed by atoms with E-state index in [0.717, 1.165) is 38.3 Å². The average Bonchev–Trinajstić information content (AvgIpc) is 3.12. The Bertz CT molecular complexity index is 695. The van der Waals surface area contributed by atoms with Crippen LogP contribution in [0.5, 0.6) is 0 Å². The quantitative estimate of drug-likeness (QED) is 0.561. The number of carbonyl (C=O) groups excluding carboxylic acids is 1. The summed E-state index contributed by atoms with van der Waals surface area (Å²) in [4.78, 5) is 19.4. The van der Waals surface area contributed by atoms with Crippen LogP contribution in [0.3, 0.4) is 0 Å². The summed E-state index contributed by atoms with van der Waals surface area (Å²) in [6, 6.07) is 8.17. The van der Waals surface area contributed by atoms with Crippen molar-refractivity contribution in [2.75, 3.05) is 39.3 Å². The van der Waals surface area contributed by atoms with Gasteiger partial charge in [0, 0.05) is 38.3 Å². The molecule has 0 spiro atoms. The van der Waals surface area contributed by atoms with Crippen LogP contribution in [-0.2, 0) is 9.53 Å². The minimum atomic E-state index is 0.107. The first-order valence-corrected chi connectivity index (χ1v) is 8.59. The average molecular weight is 344 g/mol. The Labute approximate surface area is 147 Å². The van der Waals surface area contributed by atoms with E-state index in [2.05, 4.69) is 26.9 Å². The molecule has 1 aromatic carbocycles. The summed E-state index contributed by atoms with van der Waals surface area (Å²) in [6.45, 7) is 9.61. The molecule has 0 radical (unpaired) electrons. The number of carbonyl (C=O) groups is 1. The fourth-order valence-corrected chi connectivity index (χ4v) is 3.07. The van der Waals surface area contributed by atoms with Gasteiger partial charge in [0.2, 0.25) is 0 Å². The van der Waals surface area contributed by atoms with Crippen molar-refractivity contribution in [2.45, 2.75) is 19.9 Å². The molecular weight excluding hydrogens is 320 g/mol. The molecule has 25 heavy (non-hydrogen) atoms. The van der Waals surface area contributed by atoms with E-state index in [1.165, 1.54) is 5.56 Å². The van der Waals surface area contributed by atoms with E-state index in [-0.39, 0.29) is 6.04 Å². The number of aromatic nitrogens is 2. The normalized spacial score (nSPS) is 17.4. The van der Waals surface area contributed by atoms with Gasteiger partial charge in [-0.05, 0) is 26.0 Å². The van der Waals surface area contributed by atoms with Gasteiger partial charge in [-0.3, -0.25) is 14.6 Å². The highest BCUT2D eigenvalue weighted by Crippen LogP contribution is 2.23. The number of hydrogen-bond acceptors (Lipinski definition) is 7. The van der Waals surface area contributed by atoms with Gasteiger partial charge in [0.15, 0.2) is 5.82 Å². The summed E-state index contributed by atoms with van der Waals surface area (Å²) in [5.74, 6) is 1.28. The second-order valence-corrected chi connectivity index (χ2v) is 6.35. The number of hydrogen-bond donors (Lipinski definition) is 0. The molecule has 7 nitrogen and oxygen atoms in total. The maximum atomic E-state index is 10.2. The van der Waals surface area contributed by atoms with Crippen LogP contribution in [0.1, 0.15) is 24.4 Å². The Balaban J connectivity index is 1.57. The summed E-state index contributed by atoms with van der Waals surface area (Å²) >= 11 is 0. The SMILES string of the molecule is Cc1cccc(-c2nc(C(C)N3CCN(CCOC=O)CC3)no2)c1. The maximum Gasteiger partial charge on any atom is 0.293 e. The van der Waals surface area contributed by atoms with Gasteiger partial charge in [-0.1, -0.05) is 22.9 Å². The van der Waals surface area contributed by atoms with Gasteiger partial charge in [0.25, 0.3) is 12.4 Å². The van der Waals surface area contributed by atoms with E-state index in [1.54, 1.807) is 0 Å². The Morgan fingerprint density at radius 1 is 1.32 bits per heavy atom. The van der Waals surface area contributed by atoms with Gasteiger partial charge in [-0.15, -0.1) is 0 Å². The van der Waals surface area contributed by atoms with E-state index in [1.807, 2.05) is 31.2 Å². The lowest BCUT2D eigenvalue weighted by Gasteiger charge is -2.36. The first-order chi connectivity index (χ1) is 12.2. The van der Waals surface area contributed by atoms with Gasteiger partial charge in [0.1, 0.15) is 6.61 Å². The molecule has 1 unspecified atom stereocenters. The van der Waals surface area contributed by atoms with E-state index in [4.69, 9.17) is 9.26 Å². The molecule has 1 aliphatic heterocycles. The summed E-state index contributed by atoms with van der Waals surface area (Å²) in [6.07, 6.45) is 0. The lowest BCUT2D eigenvalue weighted by Crippen LogP contribution is -2.48. The van der Waals surface area contributed by atoms with Crippen molar-refractivity contribution in [3.63, 3.8) is 0 Å². The fourth-order valence-electron chi connectivity index (χ4n) is 3.07. The lowest BCUT2D eigenvalue weighted by atomic mass is 10.1. The topological polar surface area (TPSA) is 71.7 Å². The Morgan fingerprint density at radius 2 is 2.12 bits per heavy atom. The van der Waals surface area contributed by atoms with Crippen molar-refractivity contribution in [3.8, 4) is 11.5 Å². The van der Waals surface area contributed by atoms with Crippen molar-refractivity contribution in [1.29, 1.82) is 0 Å². The van der Waals surface area contributed by atoms with Crippen molar-refractivity contribution in [1.82, 2.24) is 19.9 Å². The zero-order chi connectivity index (χ0) is 17.6. The maximum absolute atomic E-state index is 10.2. The predicted octanol–water partition coefficient (Wildman–Crippen LogP) is 1.90. The molecule has 1 saturated heterocycles. The Morgan fingerprint density at radius 3 is 2.84 bits per heavy atom. The molecule has 0 bridgehead atoms. The van der Waals surface area contributed by atoms with Crippen LogP contribution in [-0.4, -0.2) is 65.7 Å². The molecule has 1 aliphatic rings. The molecule has 0 aliphatic carbocycles. The highest BCUT2D eigenvalue weighted by Gasteiger charge is 2.25. The third kappa shape index (κ3) is 4.43. The van der Waals surface area contributed by atoms with E-state index in [9.17, 15) is 4.79 Å². The van der Waals surface area contributed by atoms with E-state index >= 15 is 0 Å². The summed E-state index contributed by atoms with van der Waals surface area (Å²) < 4.78 is 10.2. The minimum absolute atomic E-state index is 0.107. The lowest BCUT2D eigenvalue weighted by molar-refractivity contribution is -0.129. The molecule has 3 rings (SSSR count). The largest absolute Gasteiger partial charge is 0.467 e. The number of benzene rings is 1. The highest BCUT2D eigenvalue weighted by molar-refractivity contribution is 5.53. The van der Waals surface area contributed by atoms with Crippen LogP contribution in [0.25, 0.3) is 11.5 Å². The zero-order valence-electron chi connectivity index (χ0n) is 14.7. The third-order valence-corrected chi connectivity index (χ3v) is 4.63. The first kappa shape index (κ1) is 17.6. The fraction of sp³-hybridized carbons (Fsp3) is 0.500. The first-order valence-electron chi connectivity index (χ1n) is 8.59. The van der Waals surface area contributed by atoms with Crippen LogP contribution in [0, 0.1) is 6.92 Å². The van der Waals surface area contributed by atoms with Gasteiger partial charge < -0.3 is 9.26 Å². The molecule has 1 fully saturated rings. The van der Waals surface area contributed by atoms with Crippen LogP contribution in [0.2, 0.25) is 0 Å². The van der Waals surface area contributed by atoms with Crippen molar-refractivity contribution in [2.24, 2.45) is 0 Å².